The van der Waals surface area contributed by atoms with Crippen molar-refractivity contribution < 1.29 is 9.84 Å². The molecule has 0 saturated heterocycles. The van der Waals surface area contributed by atoms with E-state index in [9.17, 15) is 5.11 Å². The molecule has 4 heteroatoms. The van der Waals surface area contributed by atoms with Gasteiger partial charge in [0, 0.05) is 11.9 Å². The number of aromatic hydroxyl groups is 1. The number of fused-ring (bicyclic) bond motifs is 1. The van der Waals surface area contributed by atoms with Crippen molar-refractivity contribution >= 4 is 10.9 Å². The largest absolute Gasteiger partial charge is 0.493 e. The van der Waals surface area contributed by atoms with Crippen molar-refractivity contribution in [2.75, 3.05) is 27.2 Å². The summed E-state index contributed by atoms with van der Waals surface area (Å²) in [5, 5.41) is 11.5. The molecule has 0 amide bonds. The highest BCUT2D eigenvalue weighted by Gasteiger charge is 2.20. The lowest BCUT2D eigenvalue weighted by Crippen LogP contribution is -2.16. The molecule has 0 bridgehead atoms. The van der Waals surface area contributed by atoms with Gasteiger partial charge < -0.3 is 14.7 Å². The molecule has 1 saturated carbocycles. The number of aromatic nitrogens is 1. The van der Waals surface area contributed by atoms with Gasteiger partial charge in [-0.05, 0) is 51.4 Å². The first-order valence-corrected chi connectivity index (χ1v) is 10.0. The van der Waals surface area contributed by atoms with Gasteiger partial charge >= 0.3 is 0 Å². The Balaban J connectivity index is 1.68. The van der Waals surface area contributed by atoms with Gasteiger partial charge in [-0.1, -0.05) is 44.2 Å². The topological polar surface area (TPSA) is 45.6 Å². The van der Waals surface area contributed by atoms with Crippen molar-refractivity contribution in [3.63, 3.8) is 0 Å². The van der Waals surface area contributed by atoms with Crippen LogP contribution in [0.2, 0.25) is 0 Å². The Morgan fingerprint density at radius 2 is 1.92 bits per heavy atom. The number of hydrogen-bond acceptors (Lipinski definition) is 4. The smallest absolute Gasteiger partial charge is 0.218 e. The Morgan fingerprint density at radius 1 is 1.12 bits per heavy atom. The maximum atomic E-state index is 10.5. The van der Waals surface area contributed by atoms with Crippen LogP contribution in [0.4, 0.5) is 0 Å². The Bertz CT molecular complexity index is 711. The highest BCUT2D eigenvalue weighted by Crippen LogP contribution is 2.36. The van der Waals surface area contributed by atoms with Crippen LogP contribution >= 0.6 is 0 Å². The molecule has 0 spiro atoms. The van der Waals surface area contributed by atoms with Crippen molar-refractivity contribution in [1.29, 1.82) is 0 Å². The van der Waals surface area contributed by atoms with Gasteiger partial charge in [0.1, 0.15) is 5.75 Å². The molecule has 1 heterocycles. The third kappa shape index (κ3) is 5.34. The first-order chi connectivity index (χ1) is 12.6. The number of rotatable bonds is 11. The maximum Gasteiger partial charge on any atom is 0.218 e. The summed E-state index contributed by atoms with van der Waals surface area (Å²) in [6.45, 7) is 1.64. The van der Waals surface area contributed by atoms with E-state index in [4.69, 9.17) is 4.74 Å². The lowest BCUT2D eigenvalue weighted by molar-refractivity contribution is 0.280. The molecule has 1 aromatic carbocycles. The average Bonchev–Trinajstić information content (AvgIpc) is 3.43. The van der Waals surface area contributed by atoms with E-state index in [-0.39, 0.29) is 5.88 Å². The van der Waals surface area contributed by atoms with Crippen molar-refractivity contribution in [2.45, 2.75) is 51.4 Å². The molecule has 1 fully saturated rings. The van der Waals surface area contributed by atoms with Gasteiger partial charge in [-0.25, -0.2) is 4.98 Å². The Hall–Kier alpha value is -1.81. The van der Waals surface area contributed by atoms with Crippen LogP contribution in [-0.2, 0) is 6.42 Å². The Morgan fingerprint density at radius 3 is 2.69 bits per heavy atom. The summed E-state index contributed by atoms with van der Waals surface area (Å²) in [7, 11) is 4.14. The van der Waals surface area contributed by atoms with Crippen LogP contribution in [0.5, 0.6) is 11.6 Å². The Labute approximate surface area is 157 Å². The lowest BCUT2D eigenvalue weighted by atomic mass is 10.0. The molecule has 0 aliphatic heterocycles. The SMILES string of the molecule is CN(C)CCCOc1c(CCCCCC2CC2)c(O)nc2ccccc12. The molecule has 2 aromatic rings. The molecule has 1 aliphatic rings. The quantitative estimate of drug-likeness (QED) is 0.588. The van der Waals surface area contributed by atoms with Crippen LogP contribution in [0.15, 0.2) is 24.3 Å². The number of benzene rings is 1. The summed E-state index contributed by atoms with van der Waals surface area (Å²) in [5.74, 6) is 1.96. The fraction of sp³-hybridized carbons (Fsp3) is 0.591. The molecule has 142 valence electrons. The number of pyridine rings is 1. The zero-order valence-electron chi connectivity index (χ0n) is 16.2. The first-order valence-electron chi connectivity index (χ1n) is 10.0. The number of ether oxygens (including phenoxy) is 1. The van der Waals surface area contributed by atoms with Crippen molar-refractivity contribution in [3.05, 3.63) is 29.8 Å². The molecular weight excluding hydrogens is 324 g/mol. The van der Waals surface area contributed by atoms with Crippen LogP contribution in [0.3, 0.4) is 0 Å². The molecular formula is C22H32N2O2. The van der Waals surface area contributed by atoms with Crippen LogP contribution in [-0.4, -0.2) is 42.2 Å². The summed E-state index contributed by atoms with van der Waals surface area (Å²) < 4.78 is 6.16. The van der Waals surface area contributed by atoms with E-state index in [0.29, 0.717) is 6.61 Å². The lowest BCUT2D eigenvalue weighted by Gasteiger charge is -2.16. The number of hydrogen-bond donors (Lipinski definition) is 1. The van der Waals surface area contributed by atoms with Gasteiger partial charge in [-0.2, -0.15) is 0 Å². The molecule has 3 rings (SSSR count). The van der Waals surface area contributed by atoms with E-state index in [0.717, 1.165) is 53.9 Å². The second kappa shape index (κ2) is 9.22. The monoisotopic (exact) mass is 356 g/mol. The number of unbranched alkanes of at least 4 members (excludes halogenated alkanes) is 2. The molecule has 26 heavy (non-hydrogen) atoms. The van der Waals surface area contributed by atoms with Crippen molar-refractivity contribution in [3.8, 4) is 11.6 Å². The van der Waals surface area contributed by atoms with Gasteiger partial charge in [0.15, 0.2) is 0 Å². The molecule has 1 aliphatic carbocycles. The van der Waals surface area contributed by atoms with Gasteiger partial charge in [0.25, 0.3) is 0 Å². The van der Waals surface area contributed by atoms with Crippen LogP contribution < -0.4 is 4.74 Å². The average molecular weight is 357 g/mol. The predicted molar refractivity (Wildman–Crippen MR) is 107 cm³/mol. The van der Waals surface area contributed by atoms with E-state index >= 15 is 0 Å². The van der Waals surface area contributed by atoms with E-state index in [1.54, 1.807) is 0 Å². The minimum Gasteiger partial charge on any atom is -0.493 e. The zero-order chi connectivity index (χ0) is 18.4. The van der Waals surface area contributed by atoms with E-state index in [2.05, 4.69) is 24.0 Å². The van der Waals surface area contributed by atoms with Crippen LogP contribution in [0.25, 0.3) is 10.9 Å². The Kier molecular flexibility index (Phi) is 6.73. The molecule has 4 nitrogen and oxygen atoms in total. The molecule has 1 aromatic heterocycles. The van der Waals surface area contributed by atoms with E-state index < -0.39 is 0 Å². The molecule has 1 N–H and O–H groups in total. The molecule has 0 radical (unpaired) electrons. The highest BCUT2D eigenvalue weighted by atomic mass is 16.5. The minimum absolute atomic E-state index is 0.133. The molecule has 0 atom stereocenters. The third-order valence-corrected chi connectivity index (χ3v) is 5.15. The van der Waals surface area contributed by atoms with Crippen molar-refractivity contribution in [2.24, 2.45) is 5.92 Å². The van der Waals surface area contributed by atoms with Gasteiger partial charge in [-0.3, -0.25) is 0 Å². The minimum atomic E-state index is 0.133. The predicted octanol–water partition coefficient (Wildman–Crippen LogP) is 4.78. The second-order valence-corrected chi connectivity index (χ2v) is 7.81. The normalized spacial score (nSPS) is 14.3. The molecule has 0 unspecified atom stereocenters. The van der Waals surface area contributed by atoms with E-state index in [1.807, 2.05) is 24.3 Å². The van der Waals surface area contributed by atoms with Crippen LogP contribution in [0, 0.1) is 5.92 Å². The summed E-state index contributed by atoms with van der Waals surface area (Å²) in [5.41, 5.74) is 1.67. The zero-order valence-corrected chi connectivity index (χ0v) is 16.2. The van der Waals surface area contributed by atoms with Crippen molar-refractivity contribution in [1.82, 2.24) is 9.88 Å². The van der Waals surface area contributed by atoms with E-state index in [1.165, 1.54) is 32.1 Å². The van der Waals surface area contributed by atoms with Crippen LogP contribution in [0.1, 0.15) is 50.5 Å². The standard InChI is InChI=1S/C22H32N2O2/c1-24(2)15-8-16-26-21-18-10-6-7-12-20(18)23-22(25)19(21)11-5-3-4-9-17-13-14-17/h6-7,10,12,17H,3-5,8-9,11,13-16H2,1-2H3,(H,23,25). The fourth-order valence-corrected chi connectivity index (χ4v) is 3.47. The first kappa shape index (κ1) is 19.0. The fourth-order valence-electron chi connectivity index (χ4n) is 3.47. The summed E-state index contributed by atoms with van der Waals surface area (Å²) in [4.78, 5) is 6.56. The van der Waals surface area contributed by atoms with Gasteiger partial charge in [0.2, 0.25) is 5.88 Å². The second-order valence-electron chi connectivity index (χ2n) is 7.81. The number of nitrogens with zero attached hydrogens (tertiary/aromatic N) is 2. The third-order valence-electron chi connectivity index (χ3n) is 5.15. The summed E-state index contributed by atoms with van der Waals surface area (Å²) in [6.07, 6.45) is 9.61. The maximum absolute atomic E-state index is 10.5. The van der Waals surface area contributed by atoms with Gasteiger partial charge in [0.05, 0.1) is 17.7 Å². The number of para-hydroxylation sites is 1. The highest BCUT2D eigenvalue weighted by molar-refractivity contribution is 5.87. The van der Waals surface area contributed by atoms with Gasteiger partial charge in [-0.15, -0.1) is 0 Å². The summed E-state index contributed by atoms with van der Waals surface area (Å²) >= 11 is 0. The summed E-state index contributed by atoms with van der Waals surface area (Å²) in [6, 6.07) is 7.93.